The van der Waals surface area contributed by atoms with E-state index >= 15 is 0 Å². The number of benzene rings is 1. The maximum absolute atomic E-state index is 6.22. The molecule has 0 spiro atoms. The van der Waals surface area contributed by atoms with E-state index < -0.39 is 0 Å². The number of aromatic nitrogens is 2. The van der Waals surface area contributed by atoms with Crippen LogP contribution in [-0.4, -0.2) is 29.0 Å². The van der Waals surface area contributed by atoms with Crippen molar-refractivity contribution in [3.63, 3.8) is 0 Å². The van der Waals surface area contributed by atoms with Crippen LogP contribution in [0.1, 0.15) is 6.42 Å². The van der Waals surface area contributed by atoms with Crippen LogP contribution in [-0.2, 0) is 11.3 Å². The molecule has 4 heteroatoms. The van der Waals surface area contributed by atoms with Gasteiger partial charge in [-0.2, -0.15) is 5.10 Å². The average molecular weight is 257 g/mol. The molecule has 19 heavy (non-hydrogen) atoms. The molecule has 1 fully saturated rings. The van der Waals surface area contributed by atoms with Gasteiger partial charge in [0.05, 0.1) is 19.3 Å². The Hall–Kier alpha value is -1.65. The van der Waals surface area contributed by atoms with Crippen LogP contribution in [0, 0.1) is 5.92 Å². The van der Waals surface area contributed by atoms with E-state index in [1.165, 1.54) is 5.56 Å². The summed E-state index contributed by atoms with van der Waals surface area (Å²) in [6.45, 7) is 2.38. The van der Waals surface area contributed by atoms with E-state index in [-0.39, 0.29) is 6.04 Å². The lowest BCUT2D eigenvalue weighted by Gasteiger charge is -2.17. The molecular weight excluding hydrogens is 238 g/mol. The van der Waals surface area contributed by atoms with Gasteiger partial charge < -0.3 is 10.5 Å². The van der Waals surface area contributed by atoms with Gasteiger partial charge >= 0.3 is 0 Å². The summed E-state index contributed by atoms with van der Waals surface area (Å²) in [4.78, 5) is 0. The largest absolute Gasteiger partial charge is 0.381 e. The van der Waals surface area contributed by atoms with E-state index in [2.05, 4.69) is 23.4 Å². The number of rotatable bonds is 4. The molecule has 2 unspecified atom stereocenters. The summed E-state index contributed by atoms with van der Waals surface area (Å²) in [6.07, 6.45) is 5.02. The Morgan fingerprint density at radius 2 is 2.16 bits per heavy atom. The van der Waals surface area contributed by atoms with E-state index in [0.29, 0.717) is 5.92 Å². The summed E-state index contributed by atoms with van der Waals surface area (Å²) in [5.41, 5.74) is 8.54. The molecule has 2 aromatic rings. The van der Waals surface area contributed by atoms with Gasteiger partial charge in [-0.15, -0.1) is 0 Å². The van der Waals surface area contributed by atoms with Gasteiger partial charge in [-0.3, -0.25) is 4.68 Å². The Morgan fingerprint density at radius 1 is 1.32 bits per heavy atom. The Kier molecular flexibility index (Phi) is 3.62. The zero-order valence-electron chi connectivity index (χ0n) is 10.9. The lowest BCUT2D eigenvalue weighted by molar-refractivity contribution is 0.178. The lowest BCUT2D eigenvalue weighted by atomic mass is 10.0. The molecule has 1 aromatic carbocycles. The van der Waals surface area contributed by atoms with Crippen LogP contribution < -0.4 is 5.73 Å². The molecule has 0 amide bonds. The molecule has 1 saturated heterocycles. The van der Waals surface area contributed by atoms with Crippen LogP contribution in [0.2, 0.25) is 0 Å². The van der Waals surface area contributed by atoms with Gasteiger partial charge in [-0.05, 0) is 12.0 Å². The fourth-order valence-corrected chi connectivity index (χ4v) is 2.50. The molecule has 0 radical (unpaired) electrons. The molecule has 2 N–H and O–H groups in total. The summed E-state index contributed by atoms with van der Waals surface area (Å²) < 4.78 is 7.32. The van der Waals surface area contributed by atoms with E-state index in [9.17, 15) is 0 Å². The zero-order chi connectivity index (χ0) is 13.1. The number of nitrogens with zero attached hydrogens (tertiary/aromatic N) is 2. The second-order valence-corrected chi connectivity index (χ2v) is 5.10. The monoisotopic (exact) mass is 257 g/mol. The summed E-state index contributed by atoms with van der Waals surface area (Å²) in [5.74, 6) is 0.462. The van der Waals surface area contributed by atoms with Crippen molar-refractivity contribution in [1.29, 1.82) is 0 Å². The highest BCUT2D eigenvalue weighted by molar-refractivity contribution is 5.61. The van der Waals surface area contributed by atoms with Crippen LogP contribution in [0.15, 0.2) is 42.7 Å². The maximum Gasteiger partial charge on any atom is 0.0568 e. The normalized spacial score (nSPS) is 20.6. The molecule has 1 aliphatic rings. The molecule has 0 saturated carbocycles. The Bertz CT molecular complexity index is 517. The van der Waals surface area contributed by atoms with E-state index in [4.69, 9.17) is 10.5 Å². The van der Waals surface area contributed by atoms with E-state index in [0.717, 1.165) is 31.7 Å². The number of hydrogen-bond donors (Lipinski definition) is 1. The molecular formula is C15H19N3O. The van der Waals surface area contributed by atoms with Crippen molar-refractivity contribution in [1.82, 2.24) is 9.78 Å². The number of nitrogens with two attached hydrogens (primary N) is 1. The average Bonchev–Trinajstić information content (AvgIpc) is 3.11. The third-order valence-corrected chi connectivity index (χ3v) is 3.71. The molecule has 100 valence electrons. The van der Waals surface area contributed by atoms with Gasteiger partial charge in [-0.25, -0.2) is 0 Å². The first kappa shape index (κ1) is 12.4. The van der Waals surface area contributed by atoms with Gasteiger partial charge in [0.1, 0.15) is 0 Å². The first-order chi connectivity index (χ1) is 9.33. The highest BCUT2D eigenvalue weighted by Crippen LogP contribution is 2.19. The third kappa shape index (κ3) is 2.85. The molecule has 2 atom stereocenters. The van der Waals surface area contributed by atoms with E-state index in [1.807, 2.05) is 29.1 Å². The van der Waals surface area contributed by atoms with Crippen molar-refractivity contribution in [2.45, 2.75) is 19.0 Å². The summed E-state index contributed by atoms with van der Waals surface area (Å²) in [5, 5.41) is 4.40. The fraction of sp³-hybridized carbons (Fsp3) is 0.400. The van der Waals surface area contributed by atoms with Crippen molar-refractivity contribution in [2.24, 2.45) is 11.7 Å². The van der Waals surface area contributed by atoms with Gasteiger partial charge in [-0.1, -0.05) is 30.3 Å². The minimum atomic E-state index is 0.117. The predicted molar refractivity (Wildman–Crippen MR) is 74.6 cm³/mol. The van der Waals surface area contributed by atoms with E-state index in [1.54, 1.807) is 0 Å². The quantitative estimate of drug-likeness (QED) is 0.910. The molecule has 0 aliphatic carbocycles. The van der Waals surface area contributed by atoms with Crippen LogP contribution >= 0.6 is 0 Å². The molecule has 0 bridgehead atoms. The third-order valence-electron chi connectivity index (χ3n) is 3.71. The van der Waals surface area contributed by atoms with Crippen molar-refractivity contribution in [2.75, 3.05) is 13.2 Å². The summed E-state index contributed by atoms with van der Waals surface area (Å²) in [6, 6.07) is 10.4. The summed E-state index contributed by atoms with van der Waals surface area (Å²) in [7, 11) is 0. The van der Waals surface area contributed by atoms with Gasteiger partial charge in [0.15, 0.2) is 0 Å². The Labute approximate surface area is 113 Å². The fourth-order valence-electron chi connectivity index (χ4n) is 2.50. The highest BCUT2D eigenvalue weighted by Gasteiger charge is 2.23. The van der Waals surface area contributed by atoms with Crippen molar-refractivity contribution < 1.29 is 4.74 Å². The van der Waals surface area contributed by atoms with Crippen LogP contribution in [0.5, 0.6) is 0 Å². The first-order valence-corrected chi connectivity index (χ1v) is 6.74. The predicted octanol–water partition coefficient (Wildman–Crippen LogP) is 1.91. The maximum atomic E-state index is 6.22. The first-order valence-electron chi connectivity index (χ1n) is 6.74. The lowest BCUT2D eigenvalue weighted by Crippen LogP contribution is -2.34. The van der Waals surface area contributed by atoms with Gasteiger partial charge in [0, 0.05) is 30.3 Å². The van der Waals surface area contributed by atoms with Crippen molar-refractivity contribution in [3.05, 3.63) is 42.7 Å². The Morgan fingerprint density at radius 3 is 2.89 bits per heavy atom. The zero-order valence-corrected chi connectivity index (χ0v) is 10.9. The molecule has 1 aliphatic heterocycles. The minimum Gasteiger partial charge on any atom is -0.381 e. The standard InChI is InChI=1S/C15H19N3O/c16-15(13-6-7-19-11-13)10-18-9-14(8-17-18)12-4-2-1-3-5-12/h1-5,8-9,13,15H,6-7,10-11,16H2. The highest BCUT2D eigenvalue weighted by atomic mass is 16.5. The molecule has 2 heterocycles. The van der Waals surface area contributed by atoms with Crippen LogP contribution in [0.3, 0.4) is 0 Å². The second-order valence-electron chi connectivity index (χ2n) is 5.10. The number of hydrogen-bond acceptors (Lipinski definition) is 3. The van der Waals surface area contributed by atoms with Gasteiger partial charge in [0.25, 0.3) is 0 Å². The smallest absolute Gasteiger partial charge is 0.0568 e. The van der Waals surface area contributed by atoms with Crippen LogP contribution in [0.4, 0.5) is 0 Å². The molecule has 1 aromatic heterocycles. The Balaban J connectivity index is 1.68. The van der Waals surface area contributed by atoms with Crippen LogP contribution in [0.25, 0.3) is 11.1 Å². The van der Waals surface area contributed by atoms with Crippen molar-refractivity contribution >= 4 is 0 Å². The SMILES string of the molecule is NC(Cn1cc(-c2ccccc2)cn1)C1CCOC1. The molecule has 4 nitrogen and oxygen atoms in total. The summed E-state index contributed by atoms with van der Waals surface area (Å²) >= 11 is 0. The number of ether oxygens (including phenoxy) is 1. The topological polar surface area (TPSA) is 53.1 Å². The van der Waals surface area contributed by atoms with Gasteiger partial charge in [0.2, 0.25) is 0 Å². The second kappa shape index (κ2) is 5.55. The van der Waals surface area contributed by atoms with Crippen molar-refractivity contribution in [3.8, 4) is 11.1 Å². The molecule has 3 rings (SSSR count). The minimum absolute atomic E-state index is 0.117.